The molecule has 0 aliphatic carbocycles. The Morgan fingerprint density at radius 3 is 2.70 bits per heavy atom. The predicted molar refractivity (Wildman–Crippen MR) is 72.8 cm³/mol. The van der Waals surface area contributed by atoms with Gasteiger partial charge in [-0.15, -0.1) is 0 Å². The molecule has 108 valence electrons. The maximum Gasteiger partial charge on any atom is 0.259 e. The lowest BCUT2D eigenvalue weighted by molar-refractivity contribution is 0.0651. The van der Waals surface area contributed by atoms with Crippen LogP contribution in [0.25, 0.3) is 0 Å². The van der Waals surface area contributed by atoms with Gasteiger partial charge in [0.1, 0.15) is 5.56 Å². The number of hydrogen-bond donors (Lipinski definition) is 3. The Hall–Kier alpha value is -2.35. The first-order chi connectivity index (χ1) is 9.61. The van der Waals surface area contributed by atoms with Gasteiger partial charge in [-0.25, -0.2) is 0 Å². The highest BCUT2D eigenvalue weighted by atomic mass is 16.4. The lowest BCUT2D eigenvalue weighted by atomic mass is 10.2. The van der Waals surface area contributed by atoms with E-state index in [0.717, 1.165) is 0 Å². The van der Waals surface area contributed by atoms with Gasteiger partial charge in [-0.05, 0) is 0 Å². The van der Waals surface area contributed by atoms with Crippen LogP contribution < -0.4 is 11.2 Å². The number of nitrogens with one attached hydrogen (secondary N) is 1. The van der Waals surface area contributed by atoms with Gasteiger partial charge in [0, 0.05) is 44.6 Å². The van der Waals surface area contributed by atoms with Gasteiger partial charge < -0.3 is 20.8 Å². The van der Waals surface area contributed by atoms with E-state index in [1.54, 1.807) is 4.90 Å². The Labute approximate surface area is 115 Å². The van der Waals surface area contributed by atoms with Crippen molar-refractivity contribution in [1.29, 1.82) is 0 Å². The minimum Gasteiger partial charge on any atom is -0.409 e. The predicted octanol–water partition coefficient (Wildman–Crippen LogP) is -1.12. The molecule has 1 aliphatic rings. The fourth-order valence-electron chi connectivity index (χ4n) is 2.12. The summed E-state index contributed by atoms with van der Waals surface area (Å²) in [5.74, 6) is -0.125. The Morgan fingerprint density at radius 1 is 1.40 bits per heavy atom. The van der Waals surface area contributed by atoms with Crippen LogP contribution in [0.15, 0.2) is 28.4 Å². The van der Waals surface area contributed by atoms with Crippen molar-refractivity contribution in [2.24, 2.45) is 10.9 Å². The second-order valence-electron chi connectivity index (χ2n) is 4.58. The lowest BCUT2D eigenvalue weighted by Crippen LogP contribution is -2.51. The van der Waals surface area contributed by atoms with Crippen molar-refractivity contribution >= 4 is 11.7 Å². The van der Waals surface area contributed by atoms with Crippen molar-refractivity contribution in [2.45, 2.75) is 0 Å². The summed E-state index contributed by atoms with van der Waals surface area (Å²) in [5, 5.41) is 11.4. The molecule has 0 radical (unpaired) electrons. The quantitative estimate of drug-likeness (QED) is 0.280. The third kappa shape index (κ3) is 3.15. The van der Waals surface area contributed by atoms with Crippen LogP contribution in [-0.4, -0.2) is 64.5 Å². The number of oxime groups is 1. The minimum absolute atomic E-state index is 0.143. The zero-order valence-electron chi connectivity index (χ0n) is 11.0. The molecule has 8 heteroatoms. The van der Waals surface area contributed by atoms with Gasteiger partial charge in [0.2, 0.25) is 0 Å². The summed E-state index contributed by atoms with van der Waals surface area (Å²) in [7, 11) is 0. The molecule has 1 saturated heterocycles. The van der Waals surface area contributed by atoms with E-state index in [4.69, 9.17) is 10.9 Å². The number of piperazine rings is 1. The fraction of sp³-hybridized carbons (Fsp3) is 0.417. The zero-order valence-corrected chi connectivity index (χ0v) is 11.0. The highest BCUT2D eigenvalue weighted by Gasteiger charge is 2.23. The van der Waals surface area contributed by atoms with Crippen molar-refractivity contribution in [3.05, 3.63) is 34.2 Å². The molecule has 1 fully saturated rings. The molecule has 20 heavy (non-hydrogen) atoms. The molecule has 8 nitrogen and oxygen atoms in total. The zero-order chi connectivity index (χ0) is 14.5. The molecule has 2 heterocycles. The molecule has 4 N–H and O–H groups in total. The number of H-pyrrole nitrogens is 1. The fourth-order valence-corrected chi connectivity index (χ4v) is 2.12. The van der Waals surface area contributed by atoms with Crippen molar-refractivity contribution in [3.8, 4) is 0 Å². The molecule has 1 aliphatic heterocycles. The van der Waals surface area contributed by atoms with Crippen LogP contribution in [0.2, 0.25) is 0 Å². The molecule has 2 rings (SSSR count). The summed E-state index contributed by atoms with van der Waals surface area (Å²) in [6, 6.07) is 1.34. The van der Waals surface area contributed by atoms with E-state index in [1.807, 2.05) is 4.90 Å². The van der Waals surface area contributed by atoms with E-state index in [2.05, 4.69) is 10.1 Å². The Morgan fingerprint density at radius 2 is 2.10 bits per heavy atom. The molecule has 0 saturated carbocycles. The molecule has 1 aromatic rings. The molecule has 0 bridgehead atoms. The normalized spacial score (nSPS) is 17.2. The van der Waals surface area contributed by atoms with Crippen molar-refractivity contribution in [2.75, 3.05) is 32.7 Å². The molecule has 0 spiro atoms. The van der Waals surface area contributed by atoms with Crippen LogP contribution in [0.4, 0.5) is 0 Å². The second-order valence-corrected chi connectivity index (χ2v) is 4.58. The second kappa shape index (κ2) is 6.20. The number of aromatic amines is 1. The summed E-state index contributed by atoms with van der Waals surface area (Å²) in [4.78, 5) is 30.2. The van der Waals surface area contributed by atoms with Gasteiger partial charge in [-0.2, -0.15) is 0 Å². The molecule has 1 amide bonds. The van der Waals surface area contributed by atoms with Gasteiger partial charge in [-0.1, -0.05) is 5.16 Å². The van der Waals surface area contributed by atoms with Gasteiger partial charge in [0.25, 0.3) is 5.91 Å². The van der Waals surface area contributed by atoms with E-state index in [0.29, 0.717) is 32.7 Å². The van der Waals surface area contributed by atoms with Crippen molar-refractivity contribution in [1.82, 2.24) is 14.8 Å². The van der Waals surface area contributed by atoms with E-state index < -0.39 is 0 Å². The van der Waals surface area contributed by atoms with Crippen LogP contribution in [0.5, 0.6) is 0 Å². The molecule has 0 atom stereocenters. The number of carbonyl (C=O) groups excluding carboxylic acids is 1. The number of amides is 1. The van der Waals surface area contributed by atoms with E-state index >= 15 is 0 Å². The number of pyridine rings is 1. The average molecular weight is 279 g/mol. The number of aromatic nitrogens is 1. The van der Waals surface area contributed by atoms with Crippen molar-refractivity contribution in [3.63, 3.8) is 0 Å². The van der Waals surface area contributed by atoms with Gasteiger partial charge in [-0.3, -0.25) is 14.5 Å². The van der Waals surface area contributed by atoms with Gasteiger partial charge in [0.15, 0.2) is 11.3 Å². The summed E-state index contributed by atoms with van der Waals surface area (Å²) in [5.41, 5.74) is 5.31. The number of amidine groups is 1. The first kappa shape index (κ1) is 14.1. The van der Waals surface area contributed by atoms with E-state index in [1.165, 1.54) is 18.5 Å². The SMILES string of the molecule is N/C(CN1CCN(C(=O)c2c[nH]ccc2=O)CC1)=N/O. The average Bonchev–Trinajstić information content (AvgIpc) is 2.47. The topological polar surface area (TPSA) is 115 Å². The van der Waals surface area contributed by atoms with E-state index in [9.17, 15) is 9.59 Å². The van der Waals surface area contributed by atoms with E-state index in [-0.39, 0.29) is 22.7 Å². The van der Waals surface area contributed by atoms with Crippen molar-refractivity contribution < 1.29 is 10.0 Å². The summed E-state index contributed by atoms with van der Waals surface area (Å²) >= 11 is 0. The highest BCUT2D eigenvalue weighted by Crippen LogP contribution is 2.05. The molecular formula is C12H17N5O3. The van der Waals surface area contributed by atoms with Crippen LogP contribution in [-0.2, 0) is 0 Å². The lowest BCUT2D eigenvalue weighted by Gasteiger charge is -2.34. The molecule has 0 unspecified atom stereocenters. The Balaban J connectivity index is 1.96. The molecular weight excluding hydrogens is 262 g/mol. The largest absolute Gasteiger partial charge is 0.409 e. The number of nitrogens with zero attached hydrogens (tertiary/aromatic N) is 3. The number of carbonyl (C=O) groups is 1. The molecule has 0 aromatic carbocycles. The van der Waals surface area contributed by atoms with Crippen LogP contribution in [0.1, 0.15) is 10.4 Å². The van der Waals surface area contributed by atoms with Crippen LogP contribution in [0.3, 0.4) is 0 Å². The molecule has 1 aromatic heterocycles. The number of nitrogens with two attached hydrogens (primary N) is 1. The smallest absolute Gasteiger partial charge is 0.259 e. The monoisotopic (exact) mass is 279 g/mol. The standard InChI is InChI=1S/C12H17N5O3/c13-11(15-20)8-16-3-5-17(6-4-16)12(19)9-7-14-2-1-10(9)18/h1-2,7,20H,3-6,8H2,(H2,13,15)(H,14,18). The summed E-state index contributed by atoms with van der Waals surface area (Å²) < 4.78 is 0. The first-order valence-electron chi connectivity index (χ1n) is 6.27. The van der Waals surface area contributed by atoms with Crippen LogP contribution >= 0.6 is 0 Å². The van der Waals surface area contributed by atoms with Gasteiger partial charge >= 0.3 is 0 Å². The maximum absolute atomic E-state index is 12.2. The van der Waals surface area contributed by atoms with Crippen LogP contribution in [0, 0.1) is 0 Å². The highest BCUT2D eigenvalue weighted by molar-refractivity contribution is 5.93. The number of rotatable bonds is 3. The maximum atomic E-state index is 12.2. The minimum atomic E-state index is -0.284. The third-order valence-corrected chi connectivity index (χ3v) is 3.23. The third-order valence-electron chi connectivity index (χ3n) is 3.23. The first-order valence-corrected chi connectivity index (χ1v) is 6.27. The summed E-state index contributed by atoms with van der Waals surface area (Å²) in [6.07, 6.45) is 2.92. The number of hydrogen-bond acceptors (Lipinski definition) is 5. The Bertz CT molecular complexity index is 560. The van der Waals surface area contributed by atoms with Gasteiger partial charge in [0.05, 0.1) is 6.54 Å². The Kier molecular flexibility index (Phi) is 4.36. The summed E-state index contributed by atoms with van der Waals surface area (Å²) in [6.45, 7) is 2.61.